The molecule has 0 aliphatic heterocycles. The largest absolute Gasteiger partial charge is 0.490 e. The molecule has 1 aromatic rings. The Bertz CT molecular complexity index is 371. The summed E-state index contributed by atoms with van der Waals surface area (Å²) in [5.74, 6) is 0.932. The molecule has 18 heavy (non-hydrogen) atoms. The first kappa shape index (κ1) is 13.4. The summed E-state index contributed by atoms with van der Waals surface area (Å²) in [7, 11) is 1.91. The number of benzene rings is 1. The van der Waals surface area contributed by atoms with Crippen molar-refractivity contribution in [2.75, 3.05) is 13.7 Å². The molecular formula is C15H23NO2. The molecule has 1 aliphatic carbocycles. The molecule has 0 saturated heterocycles. The van der Waals surface area contributed by atoms with E-state index in [9.17, 15) is 5.11 Å². The van der Waals surface area contributed by atoms with Gasteiger partial charge in [-0.25, -0.2) is 0 Å². The van der Waals surface area contributed by atoms with Gasteiger partial charge in [0.15, 0.2) is 0 Å². The zero-order chi connectivity index (χ0) is 13.0. The molecule has 0 radical (unpaired) electrons. The fraction of sp³-hybridized carbons (Fsp3) is 0.600. The van der Waals surface area contributed by atoms with E-state index in [1.807, 2.05) is 19.2 Å². The van der Waals surface area contributed by atoms with Crippen molar-refractivity contribution in [3.63, 3.8) is 0 Å². The lowest BCUT2D eigenvalue weighted by atomic mass is 9.99. The molecule has 3 heteroatoms. The number of rotatable bonds is 5. The molecule has 0 amide bonds. The van der Waals surface area contributed by atoms with Crippen LogP contribution in [0.25, 0.3) is 0 Å². The third kappa shape index (κ3) is 2.85. The Balaban J connectivity index is 1.94. The van der Waals surface area contributed by atoms with Crippen LogP contribution >= 0.6 is 0 Å². The van der Waals surface area contributed by atoms with Gasteiger partial charge in [-0.05, 0) is 44.0 Å². The maximum Gasteiger partial charge on any atom is 0.119 e. The Kier molecular flexibility index (Phi) is 4.25. The SMILES string of the molecule is CCc1ccc(OC2CCC(CO)(NC)C2)cc1. The van der Waals surface area contributed by atoms with E-state index >= 15 is 0 Å². The number of hydrogen-bond donors (Lipinski definition) is 2. The lowest BCUT2D eigenvalue weighted by molar-refractivity contribution is 0.146. The highest BCUT2D eigenvalue weighted by atomic mass is 16.5. The van der Waals surface area contributed by atoms with Crippen molar-refractivity contribution in [2.24, 2.45) is 0 Å². The second-order valence-electron chi connectivity index (χ2n) is 5.17. The molecule has 0 bridgehead atoms. The molecule has 1 fully saturated rings. The van der Waals surface area contributed by atoms with Crippen molar-refractivity contribution in [1.29, 1.82) is 0 Å². The lowest BCUT2D eigenvalue weighted by Gasteiger charge is -2.26. The Morgan fingerprint density at radius 3 is 2.61 bits per heavy atom. The minimum Gasteiger partial charge on any atom is -0.490 e. The van der Waals surface area contributed by atoms with Crippen LogP contribution in [-0.2, 0) is 6.42 Å². The first-order valence-electron chi connectivity index (χ1n) is 6.77. The van der Waals surface area contributed by atoms with Gasteiger partial charge >= 0.3 is 0 Å². The van der Waals surface area contributed by atoms with E-state index in [-0.39, 0.29) is 18.2 Å². The monoisotopic (exact) mass is 249 g/mol. The van der Waals surface area contributed by atoms with E-state index in [1.165, 1.54) is 5.56 Å². The second-order valence-corrected chi connectivity index (χ2v) is 5.17. The smallest absolute Gasteiger partial charge is 0.119 e. The Morgan fingerprint density at radius 1 is 1.39 bits per heavy atom. The van der Waals surface area contributed by atoms with Crippen molar-refractivity contribution >= 4 is 0 Å². The van der Waals surface area contributed by atoms with Gasteiger partial charge in [0.25, 0.3) is 0 Å². The van der Waals surface area contributed by atoms with Gasteiger partial charge in [-0.1, -0.05) is 19.1 Å². The molecule has 1 saturated carbocycles. The van der Waals surface area contributed by atoms with Crippen molar-refractivity contribution in [3.05, 3.63) is 29.8 Å². The highest BCUT2D eigenvalue weighted by Crippen LogP contribution is 2.32. The molecule has 3 nitrogen and oxygen atoms in total. The summed E-state index contributed by atoms with van der Waals surface area (Å²) in [5, 5.41) is 12.7. The van der Waals surface area contributed by atoms with Gasteiger partial charge in [0, 0.05) is 12.0 Å². The predicted octanol–water partition coefficient (Wildman–Crippen LogP) is 2.13. The van der Waals surface area contributed by atoms with Crippen molar-refractivity contribution in [3.8, 4) is 5.75 Å². The first-order chi connectivity index (χ1) is 8.71. The molecule has 0 spiro atoms. The summed E-state index contributed by atoms with van der Waals surface area (Å²) in [6.45, 7) is 2.33. The zero-order valence-corrected chi connectivity index (χ0v) is 11.3. The molecule has 1 aliphatic rings. The van der Waals surface area contributed by atoms with Crippen LogP contribution in [0.4, 0.5) is 0 Å². The fourth-order valence-corrected chi connectivity index (χ4v) is 2.62. The molecule has 0 aromatic heterocycles. The van der Waals surface area contributed by atoms with Gasteiger partial charge in [-0.2, -0.15) is 0 Å². The second kappa shape index (κ2) is 5.72. The van der Waals surface area contributed by atoms with Gasteiger partial charge in [0.05, 0.1) is 6.61 Å². The summed E-state index contributed by atoms with van der Waals surface area (Å²) < 4.78 is 5.98. The number of nitrogens with one attached hydrogen (secondary N) is 1. The summed E-state index contributed by atoms with van der Waals surface area (Å²) in [5.41, 5.74) is 1.18. The summed E-state index contributed by atoms with van der Waals surface area (Å²) in [6, 6.07) is 8.30. The normalized spacial score (nSPS) is 27.4. The van der Waals surface area contributed by atoms with Crippen molar-refractivity contribution in [1.82, 2.24) is 5.32 Å². The van der Waals surface area contributed by atoms with E-state index in [2.05, 4.69) is 24.4 Å². The minimum atomic E-state index is -0.145. The zero-order valence-electron chi connectivity index (χ0n) is 11.3. The van der Waals surface area contributed by atoms with Gasteiger partial charge in [0.1, 0.15) is 11.9 Å². The Labute approximate surface area is 109 Å². The topological polar surface area (TPSA) is 41.5 Å². The van der Waals surface area contributed by atoms with E-state index in [0.29, 0.717) is 0 Å². The Hall–Kier alpha value is -1.06. The molecule has 1 aromatic carbocycles. The number of ether oxygens (including phenoxy) is 1. The highest BCUT2D eigenvalue weighted by Gasteiger charge is 2.38. The number of aliphatic hydroxyl groups is 1. The summed E-state index contributed by atoms with van der Waals surface area (Å²) in [6.07, 6.45) is 4.10. The highest BCUT2D eigenvalue weighted by molar-refractivity contribution is 5.27. The quantitative estimate of drug-likeness (QED) is 0.840. The molecule has 2 N–H and O–H groups in total. The predicted molar refractivity (Wildman–Crippen MR) is 73.0 cm³/mol. The van der Waals surface area contributed by atoms with Gasteiger partial charge in [0.2, 0.25) is 0 Å². The van der Waals surface area contributed by atoms with Crippen LogP contribution in [0, 0.1) is 0 Å². The van der Waals surface area contributed by atoms with Crippen LogP contribution in [0.3, 0.4) is 0 Å². The average molecular weight is 249 g/mol. The van der Waals surface area contributed by atoms with Crippen LogP contribution in [-0.4, -0.2) is 30.4 Å². The molecule has 2 atom stereocenters. The maximum atomic E-state index is 9.45. The van der Waals surface area contributed by atoms with E-state index in [4.69, 9.17) is 4.74 Å². The summed E-state index contributed by atoms with van der Waals surface area (Å²) in [4.78, 5) is 0. The standard InChI is InChI=1S/C15H23NO2/c1-3-12-4-6-13(7-5-12)18-14-8-9-15(10-14,11-17)16-2/h4-7,14,16-17H,3,8-11H2,1-2H3. The molecule has 2 unspecified atom stereocenters. The molecule has 100 valence electrons. The third-order valence-electron chi connectivity index (χ3n) is 4.03. The number of likely N-dealkylation sites (N-methyl/N-ethyl adjacent to an activating group) is 1. The molecule has 2 rings (SSSR count). The van der Waals surface area contributed by atoms with Crippen LogP contribution in [0.1, 0.15) is 31.7 Å². The lowest BCUT2D eigenvalue weighted by Crippen LogP contribution is -2.44. The number of aryl methyl sites for hydroxylation is 1. The van der Waals surface area contributed by atoms with Gasteiger partial charge < -0.3 is 15.2 Å². The number of aliphatic hydroxyl groups excluding tert-OH is 1. The maximum absolute atomic E-state index is 9.45. The third-order valence-corrected chi connectivity index (χ3v) is 4.03. The van der Waals surface area contributed by atoms with Gasteiger partial charge in [-0.15, -0.1) is 0 Å². The van der Waals surface area contributed by atoms with E-state index < -0.39 is 0 Å². The van der Waals surface area contributed by atoms with Crippen LogP contribution in [0.5, 0.6) is 5.75 Å². The number of hydrogen-bond acceptors (Lipinski definition) is 3. The molecular weight excluding hydrogens is 226 g/mol. The van der Waals surface area contributed by atoms with Crippen molar-refractivity contribution < 1.29 is 9.84 Å². The van der Waals surface area contributed by atoms with Crippen molar-refractivity contribution in [2.45, 2.75) is 44.2 Å². The first-order valence-corrected chi connectivity index (χ1v) is 6.77. The minimum absolute atomic E-state index is 0.145. The van der Waals surface area contributed by atoms with E-state index in [1.54, 1.807) is 0 Å². The van der Waals surface area contributed by atoms with Gasteiger partial charge in [-0.3, -0.25) is 0 Å². The Morgan fingerprint density at radius 2 is 2.11 bits per heavy atom. The van der Waals surface area contributed by atoms with Crippen LogP contribution in [0.15, 0.2) is 24.3 Å². The van der Waals surface area contributed by atoms with E-state index in [0.717, 1.165) is 31.4 Å². The summed E-state index contributed by atoms with van der Waals surface area (Å²) >= 11 is 0. The van der Waals surface area contributed by atoms with Crippen LogP contribution < -0.4 is 10.1 Å². The average Bonchev–Trinajstić information content (AvgIpc) is 2.84. The molecule has 0 heterocycles. The van der Waals surface area contributed by atoms with Crippen LogP contribution in [0.2, 0.25) is 0 Å². The fourth-order valence-electron chi connectivity index (χ4n) is 2.62.